The van der Waals surface area contributed by atoms with Crippen LogP contribution in [0.15, 0.2) is 18.2 Å². The molecule has 2 rings (SSSR count). The molecule has 118 valence electrons. The summed E-state index contributed by atoms with van der Waals surface area (Å²) < 4.78 is 11.1. The van der Waals surface area contributed by atoms with E-state index in [0.717, 1.165) is 31.1 Å². The molecule has 1 aliphatic heterocycles. The monoisotopic (exact) mass is 291 g/mol. The maximum absolute atomic E-state index is 5.73. The van der Waals surface area contributed by atoms with E-state index in [0.29, 0.717) is 6.04 Å². The third-order valence-corrected chi connectivity index (χ3v) is 4.18. The molecule has 1 aromatic carbocycles. The summed E-state index contributed by atoms with van der Waals surface area (Å²) in [5.74, 6) is 1.91. The molecular weight excluding hydrogens is 262 g/mol. The van der Waals surface area contributed by atoms with Gasteiger partial charge in [-0.3, -0.25) is 0 Å². The number of hydrogen-bond acceptors (Lipinski definition) is 3. The number of hydrogen-bond donors (Lipinski definition) is 1. The lowest BCUT2D eigenvalue weighted by Crippen LogP contribution is -2.27. The van der Waals surface area contributed by atoms with Crippen molar-refractivity contribution >= 4 is 0 Å². The number of ether oxygens (including phenoxy) is 2. The van der Waals surface area contributed by atoms with Gasteiger partial charge >= 0.3 is 0 Å². The first kappa shape index (κ1) is 16.2. The van der Waals surface area contributed by atoms with Crippen molar-refractivity contribution < 1.29 is 9.47 Å². The Balaban J connectivity index is 1.77. The summed E-state index contributed by atoms with van der Waals surface area (Å²) >= 11 is 0. The highest BCUT2D eigenvalue weighted by Gasteiger charge is 2.21. The van der Waals surface area contributed by atoms with E-state index in [1.54, 1.807) is 7.11 Å². The largest absolute Gasteiger partial charge is 0.497 e. The van der Waals surface area contributed by atoms with Crippen molar-refractivity contribution in [1.82, 2.24) is 5.32 Å². The fourth-order valence-electron chi connectivity index (χ4n) is 2.89. The van der Waals surface area contributed by atoms with Gasteiger partial charge in [-0.1, -0.05) is 39.0 Å². The topological polar surface area (TPSA) is 30.5 Å². The van der Waals surface area contributed by atoms with Crippen LogP contribution in [0.3, 0.4) is 0 Å². The molecule has 0 aromatic heterocycles. The first-order valence-electron chi connectivity index (χ1n) is 8.39. The normalized spacial score (nSPS) is 17.1. The van der Waals surface area contributed by atoms with E-state index in [1.165, 1.54) is 44.1 Å². The molecular formula is C18H29NO2. The number of methoxy groups -OCH3 is 1. The van der Waals surface area contributed by atoms with Crippen LogP contribution in [0.4, 0.5) is 0 Å². The zero-order valence-electron chi connectivity index (χ0n) is 13.5. The highest BCUT2D eigenvalue weighted by molar-refractivity contribution is 5.43. The Labute approximate surface area is 129 Å². The van der Waals surface area contributed by atoms with E-state index in [4.69, 9.17) is 9.47 Å². The van der Waals surface area contributed by atoms with Gasteiger partial charge in [0.2, 0.25) is 0 Å². The first-order valence-corrected chi connectivity index (χ1v) is 8.39. The maximum atomic E-state index is 5.73. The molecule has 1 unspecified atom stereocenters. The summed E-state index contributed by atoms with van der Waals surface area (Å²) in [6, 6.07) is 6.49. The van der Waals surface area contributed by atoms with Crippen LogP contribution in [0.2, 0.25) is 0 Å². The number of fused-ring (bicyclic) bond motifs is 1. The number of nitrogens with one attached hydrogen (secondary N) is 1. The average molecular weight is 291 g/mol. The second kappa shape index (κ2) is 8.93. The van der Waals surface area contributed by atoms with Crippen LogP contribution >= 0.6 is 0 Å². The highest BCUT2D eigenvalue weighted by atomic mass is 16.5. The molecule has 0 saturated carbocycles. The van der Waals surface area contributed by atoms with E-state index in [1.807, 2.05) is 12.1 Å². The molecule has 1 atom stereocenters. The Kier molecular flexibility index (Phi) is 6.87. The molecule has 0 amide bonds. The van der Waals surface area contributed by atoms with Crippen LogP contribution in [0.5, 0.6) is 11.5 Å². The third-order valence-electron chi connectivity index (χ3n) is 4.18. The summed E-state index contributed by atoms with van der Waals surface area (Å²) in [5.41, 5.74) is 1.24. The standard InChI is InChI=1S/C18H29NO2/c1-3-4-5-6-7-8-12-19-17-11-13-21-18-10-9-15(20-2)14-16(17)18/h9-10,14,17,19H,3-8,11-13H2,1-2H3. The SMILES string of the molecule is CCCCCCCCNC1CCOc2ccc(OC)cc21. The summed E-state index contributed by atoms with van der Waals surface area (Å²) in [7, 11) is 1.71. The average Bonchev–Trinajstić information content (AvgIpc) is 2.53. The van der Waals surface area contributed by atoms with Gasteiger partial charge in [-0.2, -0.15) is 0 Å². The molecule has 21 heavy (non-hydrogen) atoms. The first-order chi connectivity index (χ1) is 10.3. The Morgan fingerprint density at radius 2 is 2.00 bits per heavy atom. The number of benzene rings is 1. The third kappa shape index (κ3) is 4.92. The van der Waals surface area contributed by atoms with E-state index >= 15 is 0 Å². The van der Waals surface area contributed by atoms with Gasteiger partial charge in [-0.25, -0.2) is 0 Å². The maximum Gasteiger partial charge on any atom is 0.124 e. The second-order valence-electron chi connectivity index (χ2n) is 5.82. The molecule has 0 aliphatic carbocycles. The van der Waals surface area contributed by atoms with Gasteiger partial charge in [0.25, 0.3) is 0 Å². The molecule has 0 radical (unpaired) electrons. The summed E-state index contributed by atoms with van der Waals surface area (Å²) in [6.45, 7) is 4.15. The van der Waals surface area contributed by atoms with Gasteiger partial charge in [0.05, 0.1) is 13.7 Å². The molecule has 3 nitrogen and oxygen atoms in total. The Hall–Kier alpha value is -1.22. The van der Waals surface area contributed by atoms with Crippen LogP contribution in [0, 0.1) is 0 Å². The Morgan fingerprint density at radius 1 is 1.19 bits per heavy atom. The Morgan fingerprint density at radius 3 is 2.81 bits per heavy atom. The van der Waals surface area contributed by atoms with Gasteiger partial charge < -0.3 is 14.8 Å². The lowest BCUT2D eigenvalue weighted by Gasteiger charge is -2.27. The number of unbranched alkanes of at least 4 members (excludes halogenated alkanes) is 5. The fourth-order valence-corrected chi connectivity index (χ4v) is 2.89. The van der Waals surface area contributed by atoms with Crippen molar-refractivity contribution in [3.63, 3.8) is 0 Å². The molecule has 0 fully saturated rings. The minimum atomic E-state index is 0.402. The van der Waals surface area contributed by atoms with E-state index in [2.05, 4.69) is 18.3 Å². The predicted molar refractivity (Wildman–Crippen MR) is 87.2 cm³/mol. The molecule has 1 aliphatic rings. The molecule has 1 N–H and O–H groups in total. The zero-order valence-corrected chi connectivity index (χ0v) is 13.5. The van der Waals surface area contributed by atoms with Gasteiger partial charge in [0.1, 0.15) is 11.5 Å². The molecule has 0 saturated heterocycles. The fraction of sp³-hybridized carbons (Fsp3) is 0.667. The molecule has 0 spiro atoms. The minimum absolute atomic E-state index is 0.402. The van der Waals surface area contributed by atoms with E-state index in [9.17, 15) is 0 Å². The molecule has 1 heterocycles. The quantitative estimate of drug-likeness (QED) is 0.681. The van der Waals surface area contributed by atoms with Gasteiger partial charge in [-0.05, 0) is 31.2 Å². The van der Waals surface area contributed by atoms with E-state index < -0.39 is 0 Å². The van der Waals surface area contributed by atoms with E-state index in [-0.39, 0.29) is 0 Å². The summed E-state index contributed by atoms with van der Waals surface area (Å²) in [4.78, 5) is 0. The van der Waals surface area contributed by atoms with Crippen molar-refractivity contribution in [2.75, 3.05) is 20.3 Å². The predicted octanol–water partition coefficient (Wildman–Crippen LogP) is 4.47. The summed E-state index contributed by atoms with van der Waals surface area (Å²) in [5, 5.41) is 3.68. The summed E-state index contributed by atoms with van der Waals surface area (Å²) in [6.07, 6.45) is 9.08. The zero-order chi connectivity index (χ0) is 14.9. The highest BCUT2D eigenvalue weighted by Crippen LogP contribution is 2.34. The van der Waals surface area contributed by atoms with Gasteiger partial charge in [0.15, 0.2) is 0 Å². The van der Waals surface area contributed by atoms with Crippen molar-refractivity contribution in [3.8, 4) is 11.5 Å². The van der Waals surface area contributed by atoms with Crippen LogP contribution < -0.4 is 14.8 Å². The number of rotatable bonds is 9. The van der Waals surface area contributed by atoms with Crippen molar-refractivity contribution in [1.29, 1.82) is 0 Å². The molecule has 0 bridgehead atoms. The van der Waals surface area contributed by atoms with Crippen LogP contribution in [-0.4, -0.2) is 20.3 Å². The second-order valence-corrected chi connectivity index (χ2v) is 5.82. The smallest absolute Gasteiger partial charge is 0.124 e. The van der Waals surface area contributed by atoms with Crippen molar-refractivity contribution in [2.24, 2.45) is 0 Å². The minimum Gasteiger partial charge on any atom is -0.497 e. The van der Waals surface area contributed by atoms with Crippen molar-refractivity contribution in [2.45, 2.75) is 57.9 Å². The lowest BCUT2D eigenvalue weighted by atomic mass is 10.00. The van der Waals surface area contributed by atoms with Gasteiger partial charge in [0, 0.05) is 18.0 Å². The van der Waals surface area contributed by atoms with Crippen LogP contribution in [0.25, 0.3) is 0 Å². The van der Waals surface area contributed by atoms with Crippen molar-refractivity contribution in [3.05, 3.63) is 23.8 Å². The van der Waals surface area contributed by atoms with Crippen LogP contribution in [0.1, 0.15) is 63.5 Å². The lowest BCUT2D eigenvalue weighted by molar-refractivity contribution is 0.251. The van der Waals surface area contributed by atoms with Gasteiger partial charge in [-0.15, -0.1) is 0 Å². The molecule has 3 heteroatoms. The Bertz CT molecular complexity index is 420. The molecule has 1 aromatic rings. The van der Waals surface area contributed by atoms with Crippen LogP contribution in [-0.2, 0) is 0 Å².